The number of rotatable bonds is 3. The fraction of sp³-hybridized carbons (Fsp3) is 0.667. The molecule has 1 rings (SSSR count). The molecule has 74 valence electrons. The van der Waals surface area contributed by atoms with Gasteiger partial charge in [-0.2, -0.15) is 0 Å². The van der Waals surface area contributed by atoms with E-state index in [0.717, 1.165) is 5.82 Å². The number of aryl methyl sites for hydroxylation is 1. The van der Waals surface area contributed by atoms with Crippen LogP contribution in [0.1, 0.15) is 18.6 Å². The molecule has 1 heterocycles. The SMILES string of the molecule is CCc1nnc(CS(N)(=O)=O)n1C. The van der Waals surface area contributed by atoms with E-state index < -0.39 is 10.0 Å². The standard InChI is InChI=1S/C6H12N4O2S/c1-3-5-8-9-6(10(5)2)4-13(7,11)12/h3-4H2,1-2H3,(H2,7,11,12). The Kier molecular flexibility index (Phi) is 2.67. The molecule has 6 nitrogen and oxygen atoms in total. The van der Waals surface area contributed by atoms with Crippen LogP contribution >= 0.6 is 0 Å². The van der Waals surface area contributed by atoms with Crippen molar-refractivity contribution in [2.75, 3.05) is 0 Å². The van der Waals surface area contributed by atoms with Crippen LogP contribution in [0.4, 0.5) is 0 Å². The molecule has 0 atom stereocenters. The second-order valence-corrected chi connectivity index (χ2v) is 4.37. The van der Waals surface area contributed by atoms with Crippen LogP contribution in [0, 0.1) is 0 Å². The average Bonchev–Trinajstić information content (AvgIpc) is 2.30. The van der Waals surface area contributed by atoms with Crippen LogP contribution in [-0.4, -0.2) is 23.2 Å². The maximum atomic E-state index is 10.7. The molecule has 1 aromatic rings. The van der Waals surface area contributed by atoms with Crippen LogP contribution in [0.15, 0.2) is 0 Å². The first-order valence-electron chi connectivity index (χ1n) is 3.81. The molecule has 7 heteroatoms. The molecule has 2 N–H and O–H groups in total. The van der Waals surface area contributed by atoms with E-state index in [1.54, 1.807) is 11.6 Å². The molecule has 1 aromatic heterocycles. The maximum Gasteiger partial charge on any atom is 0.216 e. The van der Waals surface area contributed by atoms with E-state index >= 15 is 0 Å². The molecular formula is C6H12N4O2S. The van der Waals surface area contributed by atoms with Crippen molar-refractivity contribution in [3.8, 4) is 0 Å². The zero-order chi connectivity index (χ0) is 10.1. The summed E-state index contributed by atoms with van der Waals surface area (Å²) in [6, 6.07) is 0. The molecule has 0 aliphatic rings. The zero-order valence-corrected chi connectivity index (χ0v) is 8.37. The third kappa shape index (κ3) is 2.49. The molecule has 0 spiro atoms. The van der Waals surface area contributed by atoms with Crippen LogP contribution < -0.4 is 5.14 Å². The van der Waals surface area contributed by atoms with Gasteiger partial charge in [-0.05, 0) is 0 Å². The van der Waals surface area contributed by atoms with Crippen molar-refractivity contribution in [3.63, 3.8) is 0 Å². The summed E-state index contributed by atoms with van der Waals surface area (Å²) in [5.41, 5.74) is 0. The Morgan fingerprint density at radius 1 is 1.38 bits per heavy atom. The Bertz CT molecular complexity index is 395. The number of nitrogens with two attached hydrogens (primary N) is 1. The van der Waals surface area contributed by atoms with Gasteiger partial charge in [0, 0.05) is 13.5 Å². The smallest absolute Gasteiger partial charge is 0.216 e. The first-order valence-corrected chi connectivity index (χ1v) is 5.53. The Hall–Kier alpha value is -0.950. The number of primary sulfonamides is 1. The summed E-state index contributed by atoms with van der Waals surface area (Å²) in [6.45, 7) is 1.92. The monoisotopic (exact) mass is 204 g/mol. The van der Waals surface area contributed by atoms with Gasteiger partial charge in [-0.3, -0.25) is 0 Å². The van der Waals surface area contributed by atoms with E-state index in [-0.39, 0.29) is 5.75 Å². The first-order chi connectivity index (χ1) is 5.94. The highest BCUT2D eigenvalue weighted by molar-refractivity contribution is 7.88. The summed E-state index contributed by atoms with van der Waals surface area (Å²) in [7, 11) is -1.80. The third-order valence-corrected chi connectivity index (χ3v) is 2.36. The second-order valence-electron chi connectivity index (χ2n) is 2.75. The van der Waals surface area contributed by atoms with Gasteiger partial charge >= 0.3 is 0 Å². The van der Waals surface area contributed by atoms with E-state index in [4.69, 9.17) is 5.14 Å². The van der Waals surface area contributed by atoms with E-state index in [2.05, 4.69) is 10.2 Å². The van der Waals surface area contributed by atoms with Gasteiger partial charge in [0.15, 0.2) is 0 Å². The van der Waals surface area contributed by atoms with Crippen molar-refractivity contribution in [2.45, 2.75) is 19.1 Å². The Morgan fingerprint density at radius 2 is 1.92 bits per heavy atom. The molecule has 0 aliphatic heterocycles. The summed E-state index contributed by atoms with van der Waals surface area (Å²) >= 11 is 0. The van der Waals surface area contributed by atoms with Gasteiger partial charge in [0.05, 0.1) is 0 Å². The Balaban J connectivity index is 2.97. The van der Waals surface area contributed by atoms with E-state index in [9.17, 15) is 8.42 Å². The molecule has 0 aliphatic carbocycles. The van der Waals surface area contributed by atoms with Crippen molar-refractivity contribution in [3.05, 3.63) is 11.6 Å². The topological polar surface area (TPSA) is 90.9 Å². The number of nitrogens with zero attached hydrogens (tertiary/aromatic N) is 3. The second kappa shape index (κ2) is 3.43. The number of sulfonamides is 1. The van der Waals surface area contributed by atoms with Gasteiger partial charge in [-0.25, -0.2) is 13.6 Å². The lowest BCUT2D eigenvalue weighted by molar-refractivity contribution is 0.593. The predicted molar refractivity (Wildman–Crippen MR) is 47.2 cm³/mol. The predicted octanol–water partition coefficient (Wildman–Crippen LogP) is -0.834. The van der Waals surface area contributed by atoms with Crippen LogP contribution in [0.5, 0.6) is 0 Å². The van der Waals surface area contributed by atoms with Gasteiger partial charge in [0.2, 0.25) is 10.0 Å². The minimum Gasteiger partial charge on any atom is -0.317 e. The zero-order valence-electron chi connectivity index (χ0n) is 7.56. The normalized spacial score (nSPS) is 11.9. The van der Waals surface area contributed by atoms with Crippen LogP contribution in [-0.2, 0) is 29.2 Å². The van der Waals surface area contributed by atoms with E-state index in [0.29, 0.717) is 12.2 Å². The summed E-state index contributed by atoms with van der Waals surface area (Å²) in [5.74, 6) is 0.856. The highest BCUT2D eigenvalue weighted by atomic mass is 32.2. The van der Waals surface area contributed by atoms with Gasteiger partial charge in [-0.15, -0.1) is 10.2 Å². The molecule has 0 amide bonds. The lowest BCUT2D eigenvalue weighted by atomic mass is 10.4. The number of hydrogen-bond acceptors (Lipinski definition) is 4. The largest absolute Gasteiger partial charge is 0.317 e. The van der Waals surface area contributed by atoms with Crippen molar-refractivity contribution < 1.29 is 8.42 Å². The lowest BCUT2D eigenvalue weighted by Gasteiger charge is -2.00. The third-order valence-electron chi connectivity index (χ3n) is 1.70. The molecule has 0 bridgehead atoms. The molecule has 0 saturated heterocycles. The minimum atomic E-state index is -3.52. The summed E-state index contributed by atoms with van der Waals surface area (Å²) < 4.78 is 23.1. The lowest BCUT2D eigenvalue weighted by Crippen LogP contribution is -2.17. The summed E-state index contributed by atoms with van der Waals surface area (Å²) in [6.07, 6.45) is 0.716. The van der Waals surface area contributed by atoms with Gasteiger partial charge in [0.25, 0.3) is 0 Å². The van der Waals surface area contributed by atoms with Crippen molar-refractivity contribution in [1.82, 2.24) is 14.8 Å². The number of aromatic nitrogens is 3. The van der Waals surface area contributed by atoms with E-state index in [1.165, 1.54) is 0 Å². The van der Waals surface area contributed by atoms with Gasteiger partial charge in [-0.1, -0.05) is 6.92 Å². The molecule has 0 saturated carbocycles. The van der Waals surface area contributed by atoms with Crippen LogP contribution in [0.3, 0.4) is 0 Å². The van der Waals surface area contributed by atoms with Crippen molar-refractivity contribution in [2.24, 2.45) is 12.2 Å². The first kappa shape index (κ1) is 10.1. The molecule has 0 radical (unpaired) electrons. The molecule has 0 unspecified atom stereocenters. The van der Waals surface area contributed by atoms with E-state index in [1.807, 2.05) is 6.92 Å². The Morgan fingerprint density at radius 3 is 2.31 bits per heavy atom. The highest BCUT2D eigenvalue weighted by Gasteiger charge is 2.12. The molecule has 0 fully saturated rings. The van der Waals surface area contributed by atoms with Crippen molar-refractivity contribution >= 4 is 10.0 Å². The molecule has 13 heavy (non-hydrogen) atoms. The van der Waals surface area contributed by atoms with Crippen LogP contribution in [0.2, 0.25) is 0 Å². The summed E-state index contributed by atoms with van der Waals surface area (Å²) in [5, 5.41) is 12.4. The fourth-order valence-corrected chi connectivity index (χ4v) is 1.62. The fourth-order valence-electron chi connectivity index (χ4n) is 1.01. The highest BCUT2D eigenvalue weighted by Crippen LogP contribution is 2.02. The van der Waals surface area contributed by atoms with Crippen LogP contribution in [0.25, 0.3) is 0 Å². The molecular weight excluding hydrogens is 192 g/mol. The quantitative estimate of drug-likeness (QED) is 0.695. The number of hydrogen-bond donors (Lipinski definition) is 1. The van der Waals surface area contributed by atoms with Gasteiger partial charge < -0.3 is 4.57 Å². The summed E-state index contributed by atoms with van der Waals surface area (Å²) in [4.78, 5) is 0. The van der Waals surface area contributed by atoms with Crippen molar-refractivity contribution in [1.29, 1.82) is 0 Å². The maximum absolute atomic E-state index is 10.7. The average molecular weight is 204 g/mol. The van der Waals surface area contributed by atoms with Gasteiger partial charge in [0.1, 0.15) is 17.4 Å². The minimum absolute atomic E-state index is 0.267. The molecule has 0 aromatic carbocycles. The Labute approximate surface area is 76.8 Å².